The molecule has 0 fully saturated rings. The Balaban J connectivity index is 1.34. The lowest BCUT2D eigenvalue weighted by molar-refractivity contribution is -0.137. The molecular weight excluding hydrogens is 507 g/mol. The summed E-state index contributed by atoms with van der Waals surface area (Å²) in [5.41, 5.74) is -0.182. The number of benzene rings is 2. The summed E-state index contributed by atoms with van der Waals surface area (Å²) < 4.78 is 56.8. The predicted octanol–water partition coefficient (Wildman–Crippen LogP) is 4.72. The monoisotopic (exact) mass is 525 g/mol. The molecule has 2 N–H and O–H groups in total. The van der Waals surface area contributed by atoms with Gasteiger partial charge in [-0.15, -0.1) is 0 Å². The van der Waals surface area contributed by atoms with Gasteiger partial charge >= 0.3 is 6.18 Å². The summed E-state index contributed by atoms with van der Waals surface area (Å²) in [6, 6.07) is 15.3. The molecular formula is C25H18F3N5O5. The number of alkyl halides is 3. The molecule has 0 bridgehead atoms. The Bertz CT molecular complexity index is 1560. The van der Waals surface area contributed by atoms with E-state index in [1.165, 1.54) is 36.4 Å². The Morgan fingerprint density at radius 1 is 0.974 bits per heavy atom. The third kappa shape index (κ3) is 5.04. The van der Waals surface area contributed by atoms with Crippen LogP contribution >= 0.6 is 0 Å². The number of amides is 1. The van der Waals surface area contributed by atoms with Crippen molar-refractivity contribution in [3.8, 4) is 34.3 Å². The SMILES string of the molecule is Cc1cc(CNC(=O)[C@H](O)c2ccc(-c3noc(-c4onc(-c5ccccc5)c4C(F)(F)F)n3)cc2)no1. The quantitative estimate of drug-likeness (QED) is 0.309. The van der Waals surface area contributed by atoms with E-state index in [9.17, 15) is 23.1 Å². The zero-order valence-electron chi connectivity index (χ0n) is 19.6. The number of rotatable bonds is 7. The second-order valence-corrected chi connectivity index (χ2v) is 8.19. The summed E-state index contributed by atoms with van der Waals surface area (Å²) in [6.07, 6.45) is -6.28. The highest BCUT2D eigenvalue weighted by molar-refractivity contribution is 5.82. The minimum atomic E-state index is -4.81. The van der Waals surface area contributed by atoms with Gasteiger partial charge in [0, 0.05) is 17.2 Å². The lowest BCUT2D eigenvalue weighted by Crippen LogP contribution is -2.28. The number of hydrogen-bond donors (Lipinski definition) is 2. The lowest BCUT2D eigenvalue weighted by atomic mass is 10.1. The second kappa shape index (κ2) is 9.94. The van der Waals surface area contributed by atoms with Crippen LogP contribution in [0.15, 0.2) is 74.2 Å². The highest BCUT2D eigenvalue weighted by Gasteiger charge is 2.43. The number of nitrogens with zero attached hydrogens (tertiary/aromatic N) is 4. The minimum Gasteiger partial charge on any atom is -0.378 e. The Hall–Kier alpha value is -4.78. The molecule has 3 aromatic heterocycles. The highest BCUT2D eigenvalue weighted by Crippen LogP contribution is 2.43. The molecule has 5 rings (SSSR count). The summed E-state index contributed by atoms with van der Waals surface area (Å²) in [7, 11) is 0. The molecule has 3 heterocycles. The molecule has 13 heteroatoms. The molecule has 0 aliphatic heterocycles. The fourth-order valence-corrected chi connectivity index (χ4v) is 3.67. The van der Waals surface area contributed by atoms with E-state index in [-0.39, 0.29) is 23.5 Å². The largest absolute Gasteiger partial charge is 0.422 e. The summed E-state index contributed by atoms with van der Waals surface area (Å²) in [6.45, 7) is 1.79. The van der Waals surface area contributed by atoms with Gasteiger partial charge < -0.3 is 24.0 Å². The number of aryl methyl sites for hydroxylation is 1. The third-order valence-corrected chi connectivity index (χ3v) is 5.50. The van der Waals surface area contributed by atoms with Gasteiger partial charge in [0.25, 0.3) is 11.8 Å². The molecule has 0 saturated carbocycles. The number of hydrogen-bond acceptors (Lipinski definition) is 9. The molecule has 2 aromatic carbocycles. The van der Waals surface area contributed by atoms with E-state index < -0.39 is 41.1 Å². The van der Waals surface area contributed by atoms with Crippen molar-refractivity contribution in [3.63, 3.8) is 0 Å². The Kier molecular flexibility index (Phi) is 6.51. The van der Waals surface area contributed by atoms with Crippen molar-refractivity contribution in [1.82, 2.24) is 25.8 Å². The first-order valence-electron chi connectivity index (χ1n) is 11.2. The molecule has 194 valence electrons. The fraction of sp³-hybridized carbons (Fsp3) is 0.160. The first-order chi connectivity index (χ1) is 18.2. The molecule has 0 spiro atoms. The van der Waals surface area contributed by atoms with Crippen LogP contribution < -0.4 is 5.32 Å². The average molecular weight is 525 g/mol. The first kappa shape index (κ1) is 24.9. The van der Waals surface area contributed by atoms with E-state index in [0.29, 0.717) is 17.0 Å². The maximum Gasteiger partial charge on any atom is 0.422 e. The average Bonchev–Trinajstić information content (AvgIpc) is 3.66. The standard InChI is InChI=1S/C25H18F3N5O5/c1-13-11-17(31-36-13)12-29-23(35)20(34)15-7-9-16(10-8-15)22-30-24(38-33-22)21-18(25(26,27)28)19(32-37-21)14-5-3-2-4-6-14/h2-11,20,34H,12H2,1H3,(H,29,35)/t20-/m1/s1. The van der Waals surface area contributed by atoms with Crippen molar-refractivity contribution >= 4 is 5.91 Å². The number of aromatic nitrogens is 4. The van der Waals surface area contributed by atoms with Gasteiger partial charge in [-0.25, -0.2) is 0 Å². The minimum absolute atomic E-state index is 0.0299. The van der Waals surface area contributed by atoms with Crippen molar-refractivity contribution in [1.29, 1.82) is 0 Å². The van der Waals surface area contributed by atoms with Crippen LogP contribution in [0.25, 0.3) is 34.3 Å². The van der Waals surface area contributed by atoms with E-state index in [1.807, 2.05) is 0 Å². The van der Waals surface area contributed by atoms with Crippen molar-refractivity contribution in [2.45, 2.75) is 25.7 Å². The van der Waals surface area contributed by atoms with Gasteiger partial charge in [0.05, 0.1) is 6.54 Å². The van der Waals surface area contributed by atoms with Crippen LogP contribution in [0.1, 0.15) is 28.7 Å². The van der Waals surface area contributed by atoms with Crippen molar-refractivity contribution in [3.05, 3.63) is 83.2 Å². The normalized spacial score (nSPS) is 12.4. The van der Waals surface area contributed by atoms with Gasteiger partial charge in [-0.1, -0.05) is 70.1 Å². The van der Waals surface area contributed by atoms with Crippen LogP contribution in [0.3, 0.4) is 0 Å². The topological polar surface area (TPSA) is 140 Å². The molecule has 0 aliphatic carbocycles. The zero-order valence-corrected chi connectivity index (χ0v) is 19.6. The van der Waals surface area contributed by atoms with Crippen molar-refractivity contribution in [2.24, 2.45) is 0 Å². The van der Waals surface area contributed by atoms with Gasteiger partial charge in [-0.2, -0.15) is 18.2 Å². The van der Waals surface area contributed by atoms with Crippen LogP contribution in [-0.4, -0.2) is 31.5 Å². The summed E-state index contributed by atoms with van der Waals surface area (Å²) >= 11 is 0. The fourth-order valence-electron chi connectivity index (χ4n) is 3.67. The van der Waals surface area contributed by atoms with E-state index in [0.717, 1.165) is 0 Å². The Morgan fingerprint density at radius 3 is 2.37 bits per heavy atom. The number of halogens is 3. The molecule has 1 atom stereocenters. The van der Waals surface area contributed by atoms with Crippen molar-refractivity contribution < 1.29 is 36.6 Å². The number of aliphatic hydroxyl groups is 1. The van der Waals surface area contributed by atoms with Crippen LogP contribution in [0.5, 0.6) is 0 Å². The zero-order chi connectivity index (χ0) is 26.9. The van der Waals surface area contributed by atoms with E-state index in [4.69, 9.17) is 13.6 Å². The highest BCUT2D eigenvalue weighted by atomic mass is 19.4. The Morgan fingerprint density at radius 2 is 1.71 bits per heavy atom. The smallest absolute Gasteiger partial charge is 0.378 e. The van der Waals surface area contributed by atoms with Crippen LogP contribution in [0.4, 0.5) is 13.2 Å². The molecule has 5 aromatic rings. The lowest BCUT2D eigenvalue weighted by Gasteiger charge is -2.11. The molecule has 0 radical (unpaired) electrons. The molecule has 0 saturated heterocycles. The van der Waals surface area contributed by atoms with Gasteiger partial charge in [0.1, 0.15) is 22.7 Å². The van der Waals surface area contributed by atoms with Gasteiger partial charge in [0.2, 0.25) is 11.6 Å². The maximum absolute atomic E-state index is 13.9. The molecule has 1 amide bonds. The van der Waals surface area contributed by atoms with Crippen LogP contribution in [0, 0.1) is 6.92 Å². The van der Waals surface area contributed by atoms with Gasteiger partial charge in [-0.05, 0) is 12.5 Å². The second-order valence-electron chi connectivity index (χ2n) is 8.19. The number of aliphatic hydroxyl groups excluding tert-OH is 1. The molecule has 38 heavy (non-hydrogen) atoms. The third-order valence-electron chi connectivity index (χ3n) is 5.50. The summed E-state index contributed by atoms with van der Waals surface area (Å²) in [4.78, 5) is 16.3. The number of carbonyl (C=O) groups is 1. The Labute approximate surface area is 212 Å². The first-order valence-corrected chi connectivity index (χ1v) is 11.2. The van der Waals surface area contributed by atoms with Crippen molar-refractivity contribution in [2.75, 3.05) is 0 Å². The number of nitrogens with one attached hydrogen (secondary N) is 1. The molecule has 0 unspecified atom stereocenters. The van der Waals surface area contributed by atoms with Crippen LogP contribution in [0.2, 0.25) is 0 Å². The van der Waals surface area contributed by atoms with Crippen LogP contribution in [-0.2, 0) is 17.5 Å². The predicted molar refractivity (Wildman–Crippen MR) is 124 cm³/mol. The number of carbonyl (C=O) groups excluding carboxylic acids is 1. The van der Waals surface area contributed by atoms with E-state index in [1.54, 1.807) is 31.2 Å². The molecule has 10 nitrogen and oxygen atoms in total. The summed E-state index contributed by atoms with van der Waals surface area (Å²) in [5, 5.41) is 24.0. The maximum atomic E-state index is 13.9. The van der Waals surface area contributed by atoms with Gasteiger partial charge in [-0.3, -0.25) is 4.79 Å². The molecule has 0 aliphatic rings. The van der Waals surface area contributed by atoms with E-state index >= 15 is 0 Å². The summed E-state index contributed by atoms with van der Waals surface area (Å²) in [5.74, 6) is -1.31. The van der Waals surface area contributed by atoms with E-state index in [2.05, 4.69) is 25.8 Å². The van der Waals surface area contributed by atoms with Gasteiger partial charge in [0.15, 0.2) is 6.10 Å².